The van der Waals surface area contributed by atoms with E-state index < -0.39 is 0 Å². The summed E-state index contributed by atoms with van der Waals surface area (Å²) in [7, 11) is 0. The molecule has 0 fully saturated rings. The summed E-state index contributed by atoms with van der Waals surface area (Å²) in [4.78, 5) is 0. The first-order chi connectivity index (χ1) is 9.72. The minimum Gasteiger partial charge on any atom is -0.506 e. The molecule has 3 rings (SSSR count). The third-order valence-electron chi connectivity index (χ3n) is 2.73. The molecule has 1 heterocycles. The lowest BCUT2D eigenvalue weighted by molar-refractivity contribution is 0.477. The summed E-state index contributed by atoms with van der Waals surface area (Å²) in [6, 6.07) is 12.2. The Morgan fingerprint density at radius 3 is 2.60 bits per heavy atom. The number of rotatable bonds is 3. The zero-order chi connectivity index (χ0) is 13.9. The first-order valence-electron chi connectivity index (χ1n) is 5.84. The molecule has 0 aliphatic rings. The van der Waals surface area contributed by atoms with Crippen LogP contribution in [0.5, 0.6) is 5.75 Å². The van der Waals surface area contributed by atoms with E-state index in [0.29, 0.717) is 16.6 Å². The minimum absolute atomic E-state index is 0.128. The van der Waals surface area contributed by atoms with E-state index in [4.69, 9.17) is 16.0 Å². The van der Waals surface area contributed by atoms with Crippen molar-refractivity contribution in [3.8, 4) is 17.2 Å². The molecule has 0 saturated carbocycles. The Labute approximate surface area is 119 Å². The Kier molecular flexibility index (Phi) is 3.26. The lowest BCUT2D eigenvalue weighted by atomic mass is 10.1. The molecule has 0 unspecified atom stereocenters. The van der Waals surface area contributed by atoms with Crippen molar-refractivity contribution in [3.63, 3.8) is 0 Å². The fourth-order valence-electron chi connectivity index (χ4n) is 1.76. The van der Waals surface area contributed by atoms with Crippen molar-refractivity contribution < 1.29 is 9.52 Å². The molecule has 2 aromatic carbocycles. The molecule has 0 aliphatic heterocycles. The number of hydrogen-bond acceptors (Lipinski definition) is 5. The number of anilines is 2. The highest BCUT2D eigenvalue weighted by Crippen LogP contribution is 2.31. The molecule has 0 aliphatic carbocycles. The normalized spacial score (nSPS) is 10.4. The van der Waals surface area contributed by atoms with Crippen LogP contribution in [0.25, 0.3) is 11.5 Å². The van der Waals surface area contributed by atoms with Crippen LogP contribution in [0, 0.1) is 0 Å². The number of phenols is 1. The Bertz CT molecular complexity index is 712. The minimum atomic E-state index is 0.128. The smallest absolute Gasteiger partial charge is 0.247 e. The van der Waals surface area contributed by atoms with Gasteiger partial charge >= 0.3 is 0 Å². The maximum Gasteiger partial charge on any atom is 0.247 e. The van der Waals surface area contributed by atoms with Crippen molar-refractivity contribution in [3.05, 3.63) is 53.9 Å². The Morgan fingerprint density at radius 1 is 1.10 bits per heavy atom. The van der Waals surface area contributed by atoms with Crippen molar-refractivity contribution in [1.29, 1.82) is 0 Å². The van der Waals surface area contributed by atoms with E-state index in [1.54, 1.807) is 30.3 Å². The molecule has 0 saturated heterocycles. The van der Waals surface area contributed by atoms with E-state index >= 15 is 0 Å². The van der Waals surface area contributed by atoms with Crippen LogP contribution in [0.1, 0.15) is 0 Å². The second kappa shape index (κ2) is 5.22. The first-order valence-corrected chi connectivity index (χ1v) is 6.22. The molecule has 1 aromatic heterocycles. The van der Waals surface area contributed by atoms with Gasteiger partial charge in [-0.3, -0.25) is 0 Å². The number of phenolic OH excluding ortho intramolecular Hbond substituents is 1. The molecule has 3 aromatic rings. The molecule has 0 amide bonds. The second-order valence-corrected chi connectivity index (χ2v) is 4.54. The SMILES string of the molecule is Oc1ccc(-c2nnco2)cc1Nc1ccc(Cl)cc1. The average Bonchev–Trinajstić information content (AvgIpc) is 2.98. The van der Waals surface area contributed by atoms with E-state index in [2.05, 4.69) is 15.5 Å². The summed E-state index contributed by atoms with van der Waals surface area (Å²) in [5.74, 6) is 0.521. The summed E-state index contributed by atoms with van der Waals surface area (Å²) in [5, 5.41) is 21.1. The third kappa shape index (κ3) is 2.57. The lowest BCUT2D eigenvalue weighted by Crippen LogP contribution is -1.91. The number of aromatic hydroxyl groups is 1. The number of hydrogen-bond donors (Lipinski definition) is 2. The molecular formula is C14H10ClN3O2. The molecule has 0 radical (unpaired) electrons. The van der Waals surface area contributed by atoms with E-state index in [1.807, 2.05) is 12.1 Å². The molecule has 20 heavy (non-hydrogen) atoms. The van der Waals surface area contributed by atoms with Gasteiger partial charge in [0.15, 0.2) is 0 Å². The van der Waals surface area contributed by atoms with Crippen molar-refractivity contribution >= 4 is 23.0 Å². The van der Waals surface area contributed by atoms with Gasteiger partial charge in [-0.15, -0.1) is 10.2 Å². The standard InChI is InChI=1S/C14H10ClN3O2/c15-10-2-4-11(5-3-10)17-12-7-9(1-6-13(12)19)14-18-16-8-20-14/h1-8,17,19H. The van der Waals surface area contributed by atoms with E-state index in [9.17, 15) is 5.11 Å². The van der Waals surface area contributed by atoms with Gasteiger partial charge in [-0.1, -0.05) is 11.6 Å². The van der Waals surface area contributed by atoms with Crippen molar-refractivity contribution in [2.75, 3.05) is 5.32 Å². The number of nitrogens with zero attached hydrogens (tertiary/aromatic N) is 2. The van der Waals surface area contributed by atoms with Gasteiger partial charge in [0.2, 0.25) is 12.3 Å². The highest BCUT2D eigenvalue weighted by atomic mass is 35.5. The highest BCUT2D eigenvalue weighted by Gasteiger charge is 2.08. The lowest BCUT2D eigenvalue weighted by Gasteiger charge is -2.09. The quantitative estimate of drug-likeness (QED) is 0.716. The van der Waals surface area contributed by atoms with Gasteiger partial charge in [-0.2, -0.15) is 0 Å². The van der Waals surface area contributed by atoms with Crippen LogP contribution in [0.4, 0.5) is 11.4 Å². The second-order valence-electron chi connectivity index (χ2n) is 4.11. The fourth-order valence-corrected chi connectivity index (χ4v) is 1.88. The number of aromatic nitrogens is 2. The highest BCUT2D eigenvalue weighted by molar-refractivity contribution is 6.30. The molecule has 5 nitrogen and oxygen atoms in total. The van der Waals surface area contributed by atoms with Crippen molar-refractivity contribution in [2.24, 2.45) is 0 Å². The number of halogens is 1. The van der Waals surface area contributed by atoms with E-state index in [1.165, 1.54) is 6.39 Å². The zero-order valence-electron chi connectivity index (χ0n) is 10.2. The van der Waals surface area contributed by atoms with Gasteiger partial charge in [0.1, 0.15) is 5.75 Å². The third-order valence-corrected chi connectivity index (χ3v) is 2.98. The molecule has 0 bridgehead atoms. The van der Waals surface area contributed by atoms with Gasteiger partial charge < -0.3 is 14.8 Å². The Morgan fingerprint density at radius 2 is 1.90 bits per heavy atom. The number of nitrogens with one attached hydrogen (secondary N) is 1. The predicted molar refractivity (Wildman–Crippen MR) is 76.1 cm³/mol. The monoisotopic (exact) mass is 287 g/mol. The van der Waals surface area contributed by atoms with Gasteiger partial charge in [-0.05, 0) is 42.5 Å². The van der Waals surface area contributed by atoms with Crippen LogP contribution in [0.3, 0.4) is 0 Å². The Balaban J connectivity index is 1.92. The van der Waals surface area contributed by atoms with Crippen molar-refractivity contribution in [1.82, 2.24) is 10.2 Å². The zero-order valence-corrected chi connectivity index (χ0v) is 11.0. The summed E-state index contributed by atoms with van der Waals surface area (Å²) >= 11 is 5.83. The maximum atomic E-state index is 9.89. The van der Waals surface area contributed by atoms with Crippen LogP contribution < -0.4 is 5.32 Å². The molecule has 0 atom stereocenters. The summed E-state index contributed by atoms with van der Waals surface area (Å²) in [5.41, 5.74) is 2.08. The molecule has 6 heteroatoms. The summed E-state index contributed by atoms with van der Waals surface area (Å²) in [6.07, 6.45) is 1.26. The van der Waals surface area contributed by atoms with Crippen LogP contribution in [-0.2, 0) is 0 Å². The van der Waals surface area contributed by atoms with Crippen LogP contribution in [0.15, 0.2) is 53.3 Å². The molecule has 2 N–H and O–H groups in total. The molecular weight excluding hydrogens is 278 g/mol. The number of benzene rings is 2. The topological polar surface area (TPSA) is 71.2 Å². The first kappa shape index (κ1) is 12.5. The van der Waals surface area contributed by atoms with Gasteiger partial charge in [0.25, 0.3) is 0 Å². The van der Waals surface area contributed by atoms with Crippen LogP contribution >= 0.6 is 11.6 Å². The fraction of sp³-hybridized carbons (Fsp3) is 0. The summed E-state index contributed by atoms with van der Waals surface area (Å²) < 4.78 is 5.13. The van der Waals surface area contributed by atoms with E-state index in [0.717, 1.165) is 11.3 Å². The van der Waals surface area contributed by atoms with E-state index in [-0.39, 0.29) is 5.75 Å². The van der Waals surface area contributed by atoms with Crippen LogP contribution in [0.2, 0.25) is 5.02 Å². The maximum absolute atomic E-state index is 9.89. The van der Waals surface area contributed by atoms with Gasteiger partial charge in [0, 0.05) is 16.3 Å². The largest absolute Gasteiger partial charge is 0.506 e. The van der Waals surface area contributed by atoms with Crippen molar-refractivity contribution in [2.45, 2.75) is 0 Å². The average molecular weight is 288 g/mol. The molecule has 100 valence electrons. The molecule has 0 spiro atoms. The predicted octanol–water partition coefficient (Wildman–Crippen LogP) is 3.84. The summed E-state index contributed by atoms with van der Waals surface area (Å²) in [6.45, 7) is 0. The Hall–Kier alpha value is -2.53. The van der Waals surface area contributed by atoms with Gasteiger partial charge in [0.05, 0.1) is 5.69 Å². The van der Waals surface area contributed by atoms with Gasteiger partial charge in [-0.25, -0.2) is 0 Å². The van der Waals surface area contributed by atoms with Crippen LogP contribution in [-0.4, -0.2) is 15.3 Å².